The van der Waals surface area contributed by atoms with E-state index in [0.717, 1.165) is 6.42 Å². The van der Waals surface area contributed by atoms with Gasteiger partial charge in [-0.05, 0) is 31.0 Å². The monoisotopic (exact) mass is 324 g/mol. The molecule has 0 spiro atoms. The summed E-state index contributed by atoms with van der Waals surface area (Å²) in [6, 6.07) is 6.00. The zero-order chi connectivity index (χ0) is 16.9. The number of benzene rings is 1. The Morgan fingerprint density at radius 1 is 1.35 bits per heavy atom. The first-order valence-electron chi connectivity index (χ1n) is 7.74. The zero-order valence-electron chi connectivity index (χ0n) is 13.5. The molecule has 1 aromatic carbocycles. The number of aliphatic imine (C=N–C) groups is 1. The predicted molar refractivity (Wildman–Crippen MR) is 88.7 cm³/mol. The molecule has 0 unspecified atom stereocenters. The third-order valence-corrected chi connectivity index (χ3v) is 2.94. The molecule has 0 aliphatic heterocycles. The largest absolute Gasteiger partial charge is 0.382 e. The van der Waals surface area contributed by atoms with Crippen LogP contribution in [0.4, 0.5) is 4.39 Å². The molecule has 6 nitrogen and oxygen atoms in total. The molecular weight excluding hydrogens is 299 g/mol. The van der Waals surface area contributed by atoms with Gasteiger partial charge in [-0.15, -0.1) is 0 Å². The van der Waals surface area contributed by atoms with E-state index in [-0.39, 0.29) is 18.1 Å². The molecule has 1 aromatic rings. The fraction of sp³-hybridized carbons (Fsp3) is 0.500. The van der Waals surface area contributed by atoms with E-state index in [1.807, 2.05) is 6.92 Å². The molecule has 0 saturated heterocycles. The van der Waals surface area contributed by atoms with E-state index in [1.54, 1.807) is 12.1 Å². The second kappa shape index (κ2) is 11.4. The van der Waals surface area contributed by atoms with Gasteiger partial charge in [-0.25, -0.2) is 4.39 Å². The van der Waals surface area contributed by atoms with Crippen LogP contribution >= 0.6 is 0 Å². The van der Waals surface area contributed by atoms with Crippen molar-refractivity contribution in [3.8, 4) is 0 Å². The van der Waals surface area contributed by atoms with Gasteiger partial charge in [0.25, 0.3) is 0 Å². The molecule has 0 atom stereocenters. The molecule has 0 aliphatic carbocycles. The predicted octanol–water partition coefficient (Wildman–Crippen LogP) is 0.815. The lowest BCUT2D eigenvalue weighted by atomic mass is 10.1. The van der Waals surface area contributed by atoms with Gasteiger partial charge in [0, 0.05) is 32.8 Å². The smallest absolute Gasteiger partial charge is 0.224 e. The molecule has 1 rings (SSSR count). The molecule has 0 heterocycles. The third-order valence-electron chi connectivity index (χ3n) is 2.94. The third kappa shape index (κ3) is 9.46. The highest BCUT2D eigenvalue weighted by molar-refractivity contribution is 5.79. The van der Waals surface area contributed by atoms with E-state index in [1.165, 1.54) is 12.1 Å². The minimum absolute atomic E-state index is 0.152. The summed E-state index contributed by atoms with van der Waals surface area (Å²) in [5.74, 6) is -0.157. The first kappa shape index (κ1) is 18.9. The lowest BCUT2D eigenvalue weighted by Crippen LogP contribution is -2.38. The number of nitrogens with one attached hydrogen (secondary N) is 2. The Hall–Kier alpha value is -2.15. The number of carbonyl (C=O) groups is 1. The highest BCUT2D eigenvalue weighted by Gasteiger charge is 2.03. The number of halogens is 1. The van der Waals surface area contributed by atoms with Crippen molar-refractivity contribution in [2.75, 3.05) is 32.8 Å². The van der Waals surface area contributed by atoms with Gasteiger partial charge >= 0.3 is 0 Å². The number of hydrogen-bond acceptors (Lipinski definition) is 3. The molecular formula is C16H25FN4O2. The van der Waals surface area contributed by atoms with Crippen LogP contribution in [0, 0.1) is 5.82 Å². The standard InChI is InChI=1S/C16H25FN4O2/c1-2-23-10-4-7-20-16(18)21-9-8-19-15(22)12-13-5-3-6-14(17)11-13/h3,5-6,11H,2,4,7-10,12H2,1H3,(H,19,22)(H3,18,20,21). The van der Waals surface area contributed by atoms with Crippen LogP contribution in [-0.4, -0.2) is 44.7 Å². The quantitative estimate of drug-likeness (QED) is 0.338. The summed E-state index contributed by atoms with van der Waals surface area (Å²) in [4.78, 5) is 15.8. The maximum Gasteiger partial charge on any atom is 0.224 e. The number of nitrogens with zero attached hydrogens (tertiary/aromatic N) is 1. The number of ether oxygens (including phenoxy) is 1. The molecule has 0 radical (unpaired) electrons. The first-order chi connectivity index (χ1) is 11.1. The van der Waals surface area contributed by atoms with Crippen molar-refractivity contribution >= 4 is 11.9 Å². The number of guanidine groups is 1. The number of amides is 1. The summed E-state index contributed by atoms with van der Waals surface area (Å²) < 4.78 is 18.2. The van der Waals surface area contributed by atoms with E-state index in [4.69, 9.17) is 10.5 Å². The topological polar surface area (TPSA) is 88.7 Å². The second-order valence-corrected chi connectivity index (χ2v) is 4.90. The fourth-order valence-electron chi connectivity index (χ4n) is 1.85. The van der Waals surface area contributed by atoms with Gasteiger partial charge in [0.15, 0.2) is 5.96 Å². The fourth-order valence-corrected chi connectivity index (χ4v) is 1.85. The number of rotatable bonds is 10. The van der Waals surface area contributed by atoms with Crippen molar-refractivity contribution in [1.82, 2.24) is 10.6 Å². The number of nitrogens with two attached hydrogens (primary N) is 1. The Balaban J connectivity index is 2.11. The van der Waals surface area contributed by atoms with Crippen molar-refractivity contribution in [2.45, 2.75) is 19.8 Å². The summed E-state index contributed by atoms with van der Waals surface area (Å²) in [5.41, 5.74) is 6.33. The molecule has 1 amide bonds. The lowest BCUT2D eigenvalue weighted by Gasteiger charge is -2.08. The SMILES string of the molecule is CCOCCCN=C(N)NCCNC(=O)Cc1cccc(F)c1. The highest BCUT2D eigenvalue weighted by atomic mass is 19.1. The van der Waals surface area contributed by atoms with Crippen LogP contribution in [0.15, 0.2) is 29.3 Å². The van der Waals surface area contributed by atoms with Gasteiger partial charge in [0.05, 0.1) is 6.42 Å². The molecule has 7 heteroatoms. The summed E-state index contributed by atoms with van der Waals surface area (Å²) in [5, 5.41) is 5.65. The molecule has 4 N–H and O–H groups in total. The minimum Gasteiger partial charge on any atom is -0.382 e. The van der Waals surface area contributed by atoms with Crippen LogP contribution in [0.2, 0.25) is 0 Å². The van der Waals surface area contributed by atoms with E-state index in [0.29, 0.717) is 44.4 Å². The van der Waals surface area contributed by atoms with Crippen molar-refractivity contribution in [3.05, 3.63) is 35.6 Å². The van der Waals surface area contributed by atoms with Gasteiger partial charge in [-0.2, -0.15) is 0 Å². The Labute approximate surface area is 136 Å². The lowest BCUT2D eigenvalue weighted by molar-refractivity contribution is -0.120. The van der Waals surface area contributed by atoms with E-state index in [9.17, 15) is 9.18 Å². The van der Waals surface area contributed by atoms with Gasteiger partial charge in [-0.3, -0.25) is 9.79 Å². The van der Waals surface area contributed by atoms with Crippen LogP contribution in [-0.2, 0) is 16.0 Å². The van der Waals surface area contributed by atoms with Crippen LogP contribution in [0.25, 0.3) is 0 Å². The first-order valence-corrected chi connectivity index (χ1v) is 7.74. The Morgan fingerprint density at radius 3 is 2.87 bits per heavy atom. The molecule has 128 valence electrons. The maximum absolute atomic E-state index is 13.0. The summed E-state index contributed by atoms with van der Waals surface area (Å²) in [6.45, 7) is 4.82. The van der Waals surface area contributed by atoms with Gasteiger partial charge in [0.1, 0.15) is 5.82 Å². The van der Waals surface area contributed by atoms with E-state index < -0.39 is 0 Å². The van der Waals surface area contributed by atoms with Crippen molar-refractivity contribution in [1.29, 1.82) is 0 Å². The summed E-state index contributed by atoms with van der Waals surface area (Å²) in [7, 11) is 0. The average Bonchev–Trinajstić information content (AvgIpc) is 2.51. The van der Waals surface area contributed by atoms with Crippen LogP contribution in [0.1, 0.15) is 18.9 Å². The Kier molecular flexibility index (Phi) is 9.38. The summed E-state index contributed by atoms with van der Waals surface area (Å²) in [6.07, 6.45) is 0.972. The van der Waals surface area contributed by atoms with Crippen molar-refractivity contribution < 1.29 is 13.9 Å². The Bertz CT molecular complexity index is 509. The van der Waals surface area contributed by atoms with Gasteiger partial charge in [0.2, 0.25) is 5.91 Å². The number of carbonyl (C=O) groups excluding carboxylic acids is 1. The van der Waals surface area contributed by atoms with Crippen LogP contribution < -0.4 is 16.4 Å². The van der Waals surface area contributed by atoms with E-state index in [2.05, 4.69) is 15.6 Å². The Morgan fingerprint density at radius 2 is 2.13 bits per heavy atom. The minimum atomic E-state index is -0.342. The number of hydrogen-bond donors (Lipinski definition) is 3. The van der Waals surface area contributed by atoms with E-state index >= 15 is 0 Å². The van der Waals surface area contributed by atoms with Crippen LogP contribution in [0.3, 0.4) is 0 Å². The second-order valence-electron chi connectivity index (χ2n) is 4.90. The summed E-state index contributed by atoms with van der Waals surface area (Å²) >= 11 is 0. The molecule has 23 heavy (non-hydrogen) atoms. The zero-order valence-corrected chi connectivity index (χ0v) is 13.5. The van der Waals surface area contributed by atoms with Crippen LogP contribution in [0.5, 0.6) is 0 Å². The maximum atomic E-state index is 13.0. The molecule has 0 saturated carbocycles. The normalized spacial score (nSPS) is 11.3. The van der Waals surface area contributed by atoms with Crippen molar-refractivity contribution in [3.63, 3.8) is 0 Å². The van der Waals surface area contributed by atoms with Gasteiger partial charge < -0.3 is 21.1 Å². The molecule has 0 aromatic heterocycles. The van der Waals surface area contributed by atoms with Gasteiger partial charge in [-0.1, -0.05) is 12.1 Å². The highest BCUT2D eigenvalue weighted by Crippen LogP contribution is 2.03. The molecule has 0 aliphatic rings. The average molecular weight is 324 g/mol. The van der Waals surface area contributed by atoms with Crippen molar-refractivity contribution in [2.24, 2.45) is 10.7 Å². The molecule has 0 fully saturated rings. The molecule has 0 bridgehead atoms.